The molecule has 2 atom stereocenters. The number of esters is 1. The lowest BCUT2D eigenvalue weighted by Gasteiger charge is -2.26. The van der Waals surface area contributed by atoms with E-state index in [-0.39, 0.29) is 23.9 Å². The van der Waals surface area contributed by atoms with Crippen LogP contribution in [0.1, 0.15) is 37.9 Å². The number of nitrogens with one attached hydrogen (secondary N) is 2. The number of aryl methyl sites for hydroxylation is 1. The van der Waals surface area contributed by atoms with Crippen molar-refractivity contribution < 1.29 is 19.1 Å². The fourth-order valence-corrected chi connectivity index (χ4v) is 3.94. The Bertz CT molecular complexity index is 913. The fourth-order valence-electron chi connectivity index (χ4n) is 3.94. The maximum absolute atomic E-state index is 12.8. The van der Waals surface area contributed by atoms with Gasteiger partial charge in [-0.15, -0.1) is 0 Å². The van der Waals surface area contributed by atoms with Crippen LogP contribution < -0.4 is 10.1 Å². The van der Waals surface area contributed by atoms with Gasteiger partial charge in [-0.05, 0) is 63.8 Å². The van der Waals surface area contributed by atoms with Crippen molar-refractivity contribution in [2.45, 2.75) is 46.1 Å². The van der Waals surface area contributed by atoms with Crippen LogP contribution >= 0.6 is 0 Å². The molecule has 6 heteroatoms. The lowest BCUT2D eigenvalue weighted by atomic mass is 9.82. The Morgan fingerprint density at radius 2 is 1.93 bits per heavy atom. The smallest absolute Gasteiger partial charge is 0.310 e. The van der Waals surface area contributed by atoms with E-state index < -0.39 is 5.92 Å². The minimum atomic E-state index is -0.415. The molecule has 0 saturated carbocycles. The van der Waals surface area contributed by atoms with Crippen molar-refractivity contribution in [1.29, 1.82) is 0 Å². The average Bonchev–Trinajstić information content (AvgIpc) is 3.01. The molecule has 1 amide bonds. The van der Waals surface area contributed by atoms with E-state index in [1.54, 1.807) is 7.11 Å². The number of ether oxygens (including phenoxy) is 2. The largest absolute Gasteiger partial charge is 0.497 e. The Hall–Kier alpha value is -2.76. The molecule has 1 aromatic heterocycles. The highest BCUT2D eigenvalue weighted by Crippen LogP contribution is 2.28. The maximum Gasteiger partial charge on any atom is 0.310 e. The first-order valence-electron chi connectivity index (χ1n) is 10.2. The number of amides is 1. The molecule has 2 aromatic rings. The van der Waals surface area contributed by atoms with E-state index in [0.29, 0.717) is 25.8 Å². The highest BCUT2D eigenvalue weighted by molar-refractivity contribution is 5.87. The van der Waals surface area contributed by atoms with Crippen LogP contribution in [0.5, 0.6) is 5.75 Å². The standard InChI is InChI=1S/C23H30N2O4/c1-14(2)29-23(27)19-8-6-5-7-18(19)22(26)24-12-11-17-15(3)25-21-10-9-16(28-4)13-20(17)21/h5-6,9-10,13-14,18-19,25H,7-8,11-12H2,1-4H3,(H,24,26)/t18-,19+/m1/s1. The Morgan fingerprint density at radius 3 is 2.62 bits per heavy atom. The quantitative estimate of drug-likeness (QED) is 0.551. The molecule has 0 bridgehead atoms. The number of carbonyl (C=O) groups excluding carboxylic acids is 2. The molecule has 0 saturated heterocycles. The number of carbonyl (C=O) groups is 2. The van der Waals surface area contributed by atoms with Gasteiger partial charge in [-0.1, -0.05) is 12.2 Å². The molecule has 29 heavy (non-hydrogen) atoms. The van der Waals surface area contributed by atoms with E-state index in [0.717, 1.165) is 22.3 Å². The zero-order chi connectivity index (χ0) is 21.0. The van der Waals surface area contributed by atoms with Crippen LogP contribution in [0.2, 0.25) is 0 Å². The van der Waals surface area contributed by atoms with Crippen molar-refractivity contribution in [3.8, 4) is 5.75 Å². The van der Waals surface area contributed by atoms with Gasteiger partial charge in [0.25, 0.3) is 0 Å². The van der Waals surface area contributed by atoms with Gasteiger partial charge in [-0.3, -0.25) is 9.59 Å². The second-order valence-corrected chi connectivity index (χ2v) is 7.82. The number of H-pyrrole nitrogens is 1. The molecule has 0 radical (unpaired) electrons. The fraction of sp³-hybridized carbons (Fsp3) is 0.478. The van der Waals surface area contributed by atoms with Gasteiger partial charge in [-0.25, -0.2) is 0 Å². The number of rotatable bonds is 7. The Balaban J connectivity index is 1.64. The Labute approximate surface area is 171 Å². The summed E-state index contributed by atoms with van der Waals surface area (Å²) in [5.74, 6) is -0.363. The van der Waals surface area contributed by atoms with Gasteiger partial charge < -0.3 is 19.8 Å². The number of aromatic amines is 1. The summed E-state index contributed by atoms with van der Waals surface area (Å²) in [6.07, 6.45) is 5.56. The SMILES string of the molecule is COc1ccc2[nH]c(C)c(CCNC(=O)[C@@H]3CC=CC[C@@H]3C(=O)OC(C)C)c2c1. The third kappa shape index (κ3) is 4.81. The minimum Gasteiger partial charge on any atom is -0.497 e. The summed E-state index contributed by atoms with van der Waals surface area (Å²) < 4.78 is 10.7. The molecular formula is C23H30N2O4. The van der Waals surface area contributed by atoms with Crippen molar-refractivity contribution in [1.82, 2.24) is 10.3 Å². The van der Waals surface area contributed by atoms with E-state index in [2.05, 4.69) is 10.3 Å². The van der Waals surface area contributed by atoms with Crippen molar-refractivity contribution in [3.63, 3.8) is 0 Å². The van der Waals surface area contributed by atoms with Gasteiger partial charge in [-0.2, -0.15) is 0 Å². The maximum atomic E-state index is 12.8. The molecule has 0 aliphatic heterocycles. The normalized spacial score (nSPS) is 18.8. The van der Waals surface area contributed by atoms with Crippen LogP contribution in [-0.2, 0) is 20.7 Å². The number of allylic oxidation sites excluding steroid dienone is 2. The molecule has 1 aromatic carbocycles. The van der Waals surface area contributed by atoms with Crippen molar-refractivity contribution in [2.75, 3.05) is 13.7 Å². The van der Waals surface area contributed by atoms with E-state index >= 15 is 0 Å². The zero-order valence-electron chi connectivity index (χ0n) is 17.6. The summed E-state index contributed by atoms with van der Waals surface area (Å²) in [5.41, 5.74) is 3.30. The molecule has 0 spiro atoms. The van der Waals surface area contributed by atoms with E-state index in [9.17, 15) is 9.59 Å². The number of methoxy groups -OCH3 is 1. The van der Waals surface area contributed by atoms with Crippen LogP contribution in [0.4, 0.5) is 0 Å². The number of fused-ring (bicyclic) bond motifs is 1. The third-order valence-corrected chi connectivity index (χ3v) is 5.42. The van der Waals surface area contributed by atoms with Gasteiger partial charge in [0.05, 0.1) is 25.0 Å². The highest BCUT2D eigenvalue weighted by atomic mass is 16.5. The average molecular weight is 399 g/mol. The van der Waals surface area contributed by atoms with Crippen molar-refractivity contribution >= 4 is 22.8 Å². The van der Waals surface area contributed by atoms with Gasteiger partial charge in [0.15, 0.2) is 0 Å². The molecular weight excluding hydrogens is 368 g/mol. The molecule has 1 aliphatic rings. The second-order valence-electron chi connectivity index (χ2n) is 7.82. The molecule has 2 N–H and O–H groups in total. The summed E-state index contributed by atoms with van der Waals surface area (Å²) in [6.45, 7) is 6.19. The summed E-state index contributed by atoms with van der Waals surface area (Å²) in [6, 6.07) is 5.94. The van der Waals surface area contributed by atoms with E-state index in [4.69, 9.17) is 9.47 Å². The lowest BCUT2D eigenvalue weighted by Crippen LogP contribution is -2.40. The van der Waals surface area contributed by atoms with Gasteiger partial charge in [0.2, 0.25) is 5.91 Å². The summed E-state index contributed by atoms with van der Waals surface area (Å²) in [4.78, 5) is 28.6. The molecule has 1 heterocycles. The Morgan fingerprint density at radius 1 is 1.21 bits per heavy atom. The van der Waals surface area contributed by atoms with Crippen LogP contribution in [-0.4, -0.2) is 36.6 Å². The van der Waals surface area contributed by atoms with Crippen LogP contribution in [0.25, 0.3) is 10.9 Å². The van der Waals surface area contributed by atoms with Crippen LogP contribution in [0, 0.1) is 18.8 Å². The number of hydrogen-bond donors (Lipinski definition) is 2. The topological polar surface area (TPSA) is 80.4 Å². The molecule has 0 fully saturated rings. The summed E-state index contributed by atoms with van der Waals surface area (Å²) in [5, 5.41) is 4.13. The number of hydrogen-bond acceptors (Lipinski definition) is 4. The third-order valence-electron chi connectivity index (χ3n) is 5.42. The monoisotopic (exact) mass is 398 g/mol. The highest BCUT2D eigenvalue weighted by Gasteiger charge is 2.35. The van der Waals surface area contributed by atoms with Crippen molar-refractivity contribution in [3.05, 3.63) is 41.6 Å². The van der Waals surface area contributed by atoms with Gasteiger partial charge in [0, 0.05) is 23.1 Å². The number of benzene rings is 1. The minimum absolute atomic E-state index is 0.0878. The lowest BCUT2D eigenvalue weighted by molar-refractivity contribution is -0.156. The first-order chi connectivity index (χ1) is 13.9. The molecule has 6 nitrogen and oxygen atoms in total. The second kappa shape index (κ2) is 9.16. The number of aromatic nitrogens is 1. The van der Waals surface area contributed by atoms with Gasteiger partial charge >= 0.3 is 5.97 Å². The molecule has 1 aliphatic carbocycles. The molecule has 3 rings (SSSR count). The summed E-state index contributed by atoms with van der Waals surface area (Å²) >= 11 is 0. The first kappa shape index (κ1) is 21.0. The zero-order valence-corrected chi connectivity index (χ0v) is 17.6. The van der Waals surface area contributed by atoms with Crippen LogP contribution in [0.3, 0.4) is 0 Å². The van der Waals surface area contributed by atoms with E-state index in [1.807, 2.05) is 51.1 Å². The van der Waals surface area contributed by atoms with Gasteiger partial charge in [0.1, 0.15) is 5.75 Å². The van der Waals surface area contributed by atoms with Crippen LogP contribution in [0.15, 0.2) is 30.4 Å². The van der Waals surface area contributed by atoms with Crippen molar-refractivity contribution in [2.24, 2.45) is 11.8 Å². The first-order valence-corrected chi connectivity index (χ1v) is 10.2. The van der Waals surface area contributed by atoms with E-state index in [1.165, 1.54) is 5.56 Å². The molecule has 0 unspecified atom stereocenters. The predicted molar refractivity (Wildman–Crippen MR) is 113 cm³/mol. The Kier molecular flexibility index (Phi) is 6.62. The predicted octanol–water partition coefficient (Wildman–Crippen LogP) is 3.68. The molecule has 156 valence electrons. The summed E-state index contributed by atoms with van der Waals surface area (Å²) in [7, 11) is 1.65.